The van der Waals surface area contributed by atoms with Gasteiger partial charge in [-0.3, -0.25) is 0 Å². The molecule has 2 aliphatic carbocycles. The zero-order valence-corrected chi connectivity index (χ0v) is 12.8. The van der Waals surface area contributed by atoms with Crippen molar-refractivity contribution in [3.05, 3.63) is 11.3 Å². The van der Waals surface area contributed by atoms with E-state index >= 15 is 0 Å². The Bertz CT molecular complexity index is 463. The Labute approximate surface area is 125 Å². The van der Waals surface area contributed by atoms with Crippen LogP contribution in [-0.2, 0) is 19.0 Å². The minimum atomic E-state index is -0.603. The van der Waals surface area contributed by atoms with Gasteiger partial charge in [0.2, 0.25) is 0 Å². The molecular weight excluding hydrogens is 272 g/mol. The van der Waals surface area contributed by atoms with Gasteiger partial charge in [0, 0.05) is 18.3 Å². The Morgan fingerprint density at radius 1 is 1.43 bits per heavy atom. The van der Waals surface area contributed by atoms with Gasteiger partial charge in [-0.1, -0.05) is 6.92 Å². The minimum Gasteiger partial charge on any atom is -0.512 e. The van der Waals surface area contributed by atoms with Gasteiger partial charge in [0.05, 0.1) is 25.4 Å². The Hall–Kier alpha value is -1.07. The average Bonchev–Trinajstić information content (AvgIpc) is 2.91. The molecule has 1 spiro atoms. The van der Waals surface area contributed by atoms with E-state index in [1.54, 1.807) is 6.92 Å². The van der Waals surface area contributed by atoms with Crippen LogP contribution in [0.5, 0.6) is 0 Å². The van der Waals surface area contributed by atoms with Crippen LogP contribution in [0.4, 0.5) is 0 Å². The van der Waals surface area contributed by atoms with E-state index in [1.807, 2.05) is 0 Å². The number of rotatable bonds is 2. The summed E-state index contributed by atoms with van der Waals surface area (Å²) in [5.41, 5.74) is 0.117. The molecule has 0 bridgehead atoms. The molecule has 0 aromatic heterocycles. The van der Waals surface area contributed by atoms with E-state index in [4.69, 9.17) is 14.2 Å². The molecule has 1 aliphatic heterocycles. The molecular formula is C16H24O5. The lowest BCUT2D eigenvalue weighted by Gasteiger charge is -2.54. The molecule has 0 aromatic carbocycles. The Balaban J connectivity index is 1.94. The van der Waals surface area contributed by atoms with Crippen molar-refractivity contribution in [2.45, 2.75) is 51.7 Å². The van der Waals surface area contributed by atoms with Crippen molar-refractivity contribution in [1.82, 2.24) is 0 Å². The van der Waals surface area contributed by atoms with E-state index in [1.165, 1.54) is 0 Å². The summed E-state index contributed by atoms with van der Waals surface area (Å²) in [5, 5.41) is 10.2. The van der Waals surface area contributed by atoms with Crippen molar-refractivity contribution < 1.29 is 24.1 Å². The van der Waals surface area contributed by atoms with Crippen molar-refractivity contribution in [3.8, 4) is 0 Å². The van der Waals surface area contributed by atoms with Crippen molar-refractivity contribution in [2.75, 3.05) is 19.8 Å². The molecule has 118 valence electrons. The quantitative estimate of drug-likeness (QED) is 0.794. The summed E-state index contributed by atoms with van der Waals surface area (Å²) in [6.07, 6.45) is 3.89. The number of fused-ring (bicyclic) bond motifs is 2. The van der Waals surface area contributed by atoms with Crippen LogP contribution in [0.25, 0.3) is 0 Å². The zero-order valence-electron chi connectivity index (χ0n) is 12.8. The second-order valence-corrected chi connectivity index (χ2v) is 6.48. The summed E-state index contributed by atoms with van der Waals surface area (Å²) in [5.74, 6) is -0.546. The van der Waals surface area contributed by atoms with Crippen LogP contribution in [0.3, 0.4) is 0 Å². The predicted octanol–water partition coefficient (Wildman–Crippen LogP) is 2.70. The van der Waals surface area contributed by atoms with Gasteiger partial charge in [-0.2, -0.15) is 0 Å². The number of aliphatic hydroxyl groups excluding tert-OH is 1. The summed E-state index contributed by atoms with van der Waals surface area (Å²) in [7, 11) is 0. The first-order valence-corrected chi connectivity index (χ1v) is 7.88. The summed E-state index contributed by atoms with van der Waals surface area (Å²) in [4.78, 5) is 12.1. The standard InChI is InChI=1S/C16H24O5/c1-3-19-14(18)12-10-15(2)11(9-13(12)17)5-4-6-16(15)20-7-8-21-16/h11,17H,3-10H2,1-2H3/t11-,15+/m1/s1. The number of hydrogen-bond acceptors (Lipinski definition) is 5. The van der Waals surface area contributed by atoms with Crippen LogP contribution < -0.4 is 0 Å². The van der Waals surface area contributed by atoms with E-state index in [-0.39, 0.29) is 17.1 Å². The molecule has 1 saturated carbocycles. The van der Waals surface area contributed by atoms with E-state index in [0.717, 1.165) is 19.3 Å². The highest BCUT2D eigenvalue weighted by atomic mass is 16.7. The first-order chi connectivity index (χ1) is 10.0. The molecule has 2 fully saturated rings. The molecule has 3 rings (SSSR count). The van der Waals surface area contributed by atoms with Crippen LogP contribution >= 0.6 is 0 Å². The molecule has 5 heteroatoms. The SMILES string of the molecule is CCOC(=O)C1=C(O)C[C@H]2CCCC3(OCCO3)[C@@]2(C)C1. The van der Waals surface area contributed by atoms with Crippen LogP contribution in [0.1, 0.15) is 46.0 Å². The summed E-state index contributed by atoms with van der Waals surface area (Å²) in [6, 6.07) is 0. The third-order valence-corrected chi connectivity index (χ3v) is 5.44. The smallest absolute Gasteiger partial charge is 0.337 e. The average molecular weight is 296 g/mol. The lowest BCUT2D eigenvalue weighted by atomic mass is 9.57. The van der Waals surface area contributed by atoms with Gasteiger partial charge in [-0.25, -0.2) is 4.79 Å². The molecule has 5 nitrogen and oxygen atoms in total. The second kappa shape index (κ2) is 5.29. The van der Waals surface area contributed by atoms with Crippen molar-refractivity contribution in [1.29, 1.82) is 0 Å². The Morgan fingerprint density at radius 2 is 2.14 bits per heavy atom. The molecule has 0 unspecified atom stereocenters. The monoisotopic (exact) mass is 296 g/mol. The van der Waals surface area contributed by atoms with Crippen molar-refractivity contribution in [2.24, 2.45) is 11.3 Å². The molecule has 0 radical (unpaired) electrons. The Morgan fingerprint density at radius 3 is 2.81 bits per heavy atom. The van der Waals surface area contributed by atoms with Gasteiger partial charge in [0.25, 0.3) is 0 Å². The maximum Gasteiger partial charge on any atom is 0.337 e. The molecule has 0 aromatic rings. The zero-order chi connectivity index (χ0) is 15.1. The number of allylic oxidation sites excluding steroid dienone is 1. The molecule has 3 aliphatic rings. The fourth-order valence-electron chi connectivity index (χ4n) is 4.27. The first kappa shape index (κ1) is 14.9. The van der Waals surface area contributed by atoms with E-state index in [2.05, 4.69) is 6.92 Å². The number of hydrogen-bond donors (Lipinski definition) is 1. The molecule has 0 amide bonds. The van der Waals surface area contributed by atoms with Crippen molar-refractivity contribution in [3.63, 3.8) is 0 Å². The Kier molecular flexibility index (Phi) is 3.74. The minimum absolute atomic E-state index is 0.186. The highest BCUT2D eigenvalue weighted by Gasteiger charge is 2.60. The lowest BCUT2D eigenvalue weighted by molar-refractivity contribution is -0.270. The van der Waals surface area contributed by atoms with E-state index in [0.29, 0.717) is 38.2 Å². The fraction of sp³-hybridized carbons (Fsp3) is 0.812. The fourth-order valence-corrected chi connectivity index (χ4v) is 4.27. The number of esters is 1. The predicted molar refractivity (Wildman–Crippen MR) is 75.6 cm³/mol. The van der Waals surface area contributed by atoms with Crippen LogP contribution in [0, 0.1) is 11.3 Å². The molecule has 1 saturated heterocycles. The molecule has 21 heavy (non-hydrogen) atoms. The van der Waals surface area contributed by atoms with Gasteiger partial charge in [-0.15, -0.1) is 0 Å². The van der Waals surface area contributed by atoms with E-state index < -0.39 is 11.8 Å². The van der Waals surface area contributed by atoms with Gasteiger partial charge >= 0.3 is 5.97 Å². The number of aliphatic hydroxyl groups is 1. The topological polar surface area (TPSA) is 65.0 Å². The summed E-state index contributed by atoms with van der Waals surface area (Å²) >= 11 is 0. The highest BCUT2D eigenvalue weighted by molar-refractivity contribution is 5.89. The van der Waals surface area contributed by atoms with Crippen LogP contribution in [0.2, 0.25) is 0 Å². The maximum absolute atomic E-state index is 12.1. The molecule has 2 atom stereocenters. The van der Waals surface area contributed by atoms with E-state index in [9.17, 15) is 9.90 Å². The van der Waals surface area contributed by atoms with Gasteiger partial charge in [-0.05, 0) is 32.1 Å². The number of carbonyl (C=O) groups excluding carboxylic acids is 1. The van der Waals surface area contributed by atoms with Gasteiger partial charge in [0.15, 0.2) is 5.79 Å². The van der Waals surface area contributed by atoms with Crippen LogP contribution in [-0.4, -0.2) is 36.7 Å². The summed E-state index contributed by atoms with van der Waals surface area (Å²) in [6.45, 7) is 5.43. The number of ether oxygens (including phenoxy) is 3. The van der Waals surface area contributed by atoms with Crippen LogP contribution in [0.15, 0.2) is 11.3 Å². The highest BCUT2D eigenvalue weighted by Crippen LogP contribution is 2.59. The lowest BCUT2D eigenvalue weighted by Crippen LogP contribution is -2.56. The third kappa shape index (κ3) is 2.18. The maximum atomic E-state index is 12.1. The first-order valence-electron chi connectivity index (χ1n) is 7.88. The van der Waals surface area contributed by atoms with Gasteiger partial charge < -0.3 is 19.3 Å². The van der Waals surface area contributed by atoms with Crippen molar-refractivity contribution >= 4 is 5.97 Å². The van der Waals surface area contributed by atoms with Gasteiger partial charge in [0.1, 0.15) is 5.76 Å². The molecule has 1 heterocycles. The second-order valence-electron chi connectivity index (χ2n) is 6.48. The largest absolute Gasteiger partial charge is 0.512 e. The molecule has 1 N–H and O–H groups in total. The normalized spacial score (nSPS) is 34.9. The number of carbonyl (C=O) groups is 1. The third-order valence-electron chi connectivity index (χ3n) is 5.44. The summed E-state index contributed by atoms with van der Waals surface area (Å²) < 4.78 is 17.1.